The van der Waals surface area contributed by atoms with Crippen molar-refractivity contribution < 1.29 is 204 Å². The number of hydrogen-bond donors (Lipinski definition) is 0. The van der Waals surface area contributed by atoms with Crippen molar-refractivity contribution >= 4 is 17.4 Å². The molecule has 0 aliphatic carbocycles. The van der Waals surface area contributed by atoms with Gasteiger partial charge in [0.15, 0.2) is 11.5 Å². The van der Waals surface area contributed by atoms with Crippen LogP contribution in [0.25, 0.3) is 0 Å². The number of hydrogen-bond acceptors (Lipinski definition) is 8. The summed E-state index contributed by atoms with van der Waals surface area (Å²) in [5, 5.41) is 25.2. The first-order valence-electron chi connectivity index (χ1n) is 4.91. The van der Waals surface area contributed by atoms with Crippen molar-refractivity contribution in [3.63, 3.8) is 0 Å². The van der Waals surface area contributed by atoms with Crippen molar-refractivity contribution in [3.8, 4) is 17.2 Å². The molecule has 0 radical (unpaired) electrons. The summed E-state index contributed by atoms with van der Waals surface area (Å²) in [5.41, 5.74) is -5.47. The van der Waals surface area contributed by atoms with Gasteiger partial charge >= 0.3 is 170 Å². The van der Waals surface area contributed by atoms with E-state index in [1.807, 2.05) is 0 Å². The van der Waals surface area contributed by atoms with E-state index in [4.69, 9.17) is 24.5 Å². The number of benzene rings is 1. The zero-order valence-corrected chi connectivity index (χ0v) is 23.0. The van der Waals surface area contributed by atoms with Crippen LogP contribution < -0.4 is 183 Å². The van der Waals surface area contributed by atoms with Gasteiger partial charge in [-0.05, 0) is 12.1 Å². The van der Waals surface area contributed by atoms with Crippen LogP contribution in [0, 0.1) is 0 Å². The second-order valence-corrected chi connectivity index (χ2v) is 4.82. The SMILES string of the molecule is O=S(=O)(Oc1ccc2c(c1)OCO2)C(F)(F)F.[K+].[K+].[K+].[O-]B([O-])[O-]. The van der Waals surface area contributed by atoms with Crippen molar-refractivity contribution in [3.05, 3.63) is 18.2 Å². The molecule has 0 spiro atoms. The summed E-state index contributed by atoms with van der Waals surface area (Å²) in [5.74, 6) is -0.0618. The Bertz CT molecular complexity index is 598. The van der Waals surface area contributed by atoms with Gasteiger partial charge in [-0.15, -0.1) is 0 Å². The van der Waals surface area contributed by atoms with E-state index in [1.165, 1.54) is 6.07 Å². The molecule has 0 aromatic heterocycles. The molecule has 0 amide bonds. The Morgan fingerprint density at radius 3 is 1.96 bits per heavy atom. The fourth-order valence-electron chi connectivity index (χ4n) is 1.10. The van der Waals surface area contributed by atoms with E-state index in [1.54, 1.807) is 0 Å². The minimum atomic E-state index is -5.66. The Labute approximate surface area is 263 Å². The average molecular weight is 446 g/mol. The molecule has 1 aromatic rings. The number of alkyl halides is 3. The van der Waals surface area contributed by atoms with Crippen molar-refractivity contribution in [2.75, 3.05) is 6.79 Å². The molecule has 0 N–H and O–H groups in total. The quantitative estimate of drug-likeness (QED) is 0.249. The Hall–Kier alpha value is 3.21. The molecule has 0 unspecified atom stereocenters. The monoisotopic (exact) mass is 446 g/mol. The largest absolute Gasteiger partial charge is 1.00 e. The summed E-state index contributed by atoms with van der Waals surface area (Å²) in [6, 6.07) is 3.30. The molecule has 1 aromatic carbocycles. The van der Waals surface area contributed by atoms with Crippen LogP contribution in [0.2, 0.25) is 0 Å². The molecule has 1 aliphatic rings. The van der Waals surface area contributed by atoms with Crippen LogP contribution in [0.5, 0.6) is 17.2 Å². The van der Waals surface area contributed by atoms with Gasteiger partial charge in [0, 0.05) is 6.07 Å². The average Bonchev–Trinajstić information content (AvgIpc) is 2.73. The molecular weight excluding hydrogens is 441 g/mol. The topological polar surface area (TPSA) is 131 Å². The first-order valence-corrected chi connectivity index (χ1v) is 6.31. The van der Waals surface area contributed by atoms with Crippen LogP contribution in [-0.2, 0) is 10.1 Å². The molecule has 1 aliphatic heterocycles. The number of ether oxygens (including phenoxy) is 2. The van der Waals surface area contributed by atoms with E-state index in [-0.39, 0.29) is 167 Å². The summed E-state index contributed by atoms with van der Waals surface area (Å²) in [6.45, 7) is -0.0786. The van der Waals surface area contributed by atoms with E-state index < -0.39 is 28.7 Å². The van der Waals surface area contributed by atoms with Crippen LogP contribution in [0.15, 0.2) is 18.2 Å². The van der Waals surface area contributed by atoms with Gasteiger partial charge in [-0.25, -0.2) is 0 Å². The molecule has 8 nitrogen and oxygen atoms in total. The predicted octanol–water partition coefficient (Wildman–Crippen LogP) is -11.3. The van der Waals surface area contributed by atoms with Crippen molar-refractivity contribution in [2.24, 2.45) is 0 Å². The third kappa shape index (κ3) is 11.3. The van der Waals surface area contributed by atoms with Crippen LogP contribution in [0.3, 0.4) is 0 Å². The minimum absolute atomic E-state index is 0. The second-order valence-electron chi connectivity index (χ2n) is 3.29. The maximum atomic E-state index is 12.0. The maximum Gasteiger partial charge on any atom is 1.00 e. The Kier molecular flexibility index (Phi) is 18.9. The third-order valence-electron chi connectivity index (χ3n) is 1.83. The van der Waals surface area contributed by atoms with Gasteiger partial charge in [-0.3, -0.25) is 7.32 Å². The van der Waals surface area contributed by atoms with Crippen LogP contribution in [0.1, 0.15) is 0 Å². The molecule has 16 heteroatoms. The summed E-state index contributed by atoms with van der Waals surface area (Å²) < 4.78 is 71.1. The zero-order chi connectivity index (χ0) is 16.3. The van der Waals surface area contributed by atoms with Gasteiger partial charge in [-0.2, -0.15) is 21.6 Å². The van der Waals surface area contributed by atoms with Crippen molar-refractivity contribution in [2.45, 2.75) is 5.51 Å². The van der Waals surface area contributed by atoms with Crippen molar-refractivity contribution in [1.82, 2.24) is 0 Å². The van der Waals surface area contributed by atoms with Gasteiger partial charge in [0.05, 0.1) is 0 Å². The maximum absolute atomic E-state index is 12.0. The van der Waals surface area contributed by atoms with Crippen molar-refractivity contribution in [1.29, 1.82) is 0 Å². The first-order chi connectivity index (χ1) is 9.53. The molecule has 0 fully saturated rings. The van der Waals surface area contributed by atoms with Gasteiger partial charge in [-0.1, -0.05) is 0 Å². The normalized spacial score (nSPS) is 11.6. The van der Waals surface area contributed by atoms with Gasteiger partial charge in [0.2, 0.25) is 6.79 Å². The molecule has 0 saturated heterocycles. The summed E-state index contributed by atoms with van der Waals surface area (Å²) in [7, 11) is -8.58. The van der Waals surface area contributed by atoms with Gasteiger partial charge < -0.3 is 28.7 Å². The van der Waals surface area contributed by atoms with E-state index in [2.05, 4.69) is 4.18 Å². The smallest absolute Gasteiger partial charge is 0.907 e. The molecule has 0 saturated carbocycles. The van der Waals surface area contributed by atoms with Crippen LogP contribution in [0.4, 0.5) is 13.2 Å². The van der Waals surface area contributed by atoms with Gasteiger partial charge in [0.1, 0.15) is 5.75 Å². The molecule has 1 heterocycles. The Morgan fingerprint density at radius 1 is 1.04 bits per heavy atom. The Balaban J connectivity index is -0.000000571. The first kappa shape index (κ1) is 31.9. The third-order valence-corrected chi connectivity index (χ3v) is 2.81. The standard InChI is InChI=1S/C8H5F3O5S.BO3.3K/c9-8(10,11)17(12,13)16-5-1-2-6-7(3-5)15-4-14-6;2-1(3)4;;;/h1-3H,4H2;;;;/q;-3;3*+1. The van der Waals surface area contributed by atoms with E-state index >= 15 is 0 Å². The molecule has 0 bridgehead atoms. The summed E-state index contributed by atoms with van der Waals surface area (Å²) >= 11 is 0. The summed E-state index contributed by atoms with van der Waals surface area (Å²) in [4.78, 5) is 0. The Morgan fingerprint density at radius 2 is 1.50 bits per heavy atom. The minimum Gasteiger partial charge on any atom is -0.907 e. The predicted molar refractivity (Wildman–Crippen MR) is 53.9 cm³/mol. The van der Waals surface area contributed by atoms with E-state index in [0.29, 0.717) is 5.75 Å². The number of fused-ring (bicyclic) bond motifs is 1. The second kappa shape index (κ2) is 14.2. The number of halogens is 3. The van der Waals surface area contributed by atoms with Crippen LogP contribution >= 0.6 is 0 Å². The number of rotatable bonds is 2. The molecule has 118 valence electrons. The van der Waals surface area contributed by atoms with Gasteiger partial charge in [0.25, 0.3) is 0 Å². The molecular formula is C8H5BF3K3O8S. The van der Waals surface area contributed by atoms with E-state index in [0.717, 1.165) is 12.1 Å². The molecule has 24 heavy (non-hydrogen) atoms. The fraction of sp³-hybridized carbons (Fsp3) is 0.250. The summed E-state index contributed by atoms with van der Waals surface area (Å²) in [6.07, 6.45) is 0. The van der Waals surface area contributed by atoms with Crippen LogP contribution in [-0.4, -0.2) is 28.0 Å². The molecule has 0 atom stereocenters. The van der Waals surface area contributed by atoms with E-state index in [9.17, 15) is 21.6 Å². The molecule has 2 rings (SSSR count). The zero-order valence-electron chi connectivity index (χ0n) is 12.8. The fourth-order valence-corrected chi connectivity index (χ4v) is 1.55.